The highest BCUT2D eigenvalue weighted by Gasteiger charge is 2.18. The molecule has 19 heavy (non-hydrogen) atoms. The monoisotopic (exact) mass is 314 g/mol. The molecule has 0 amide bonds. The van der Waals surface area contributed by atoms with Crippen molar-refractivity contribution in [1.82, 2.24) is 10.3 Å². The number of hydrogen-bond donors (Lipinski definition) is 1. The van der Waals surface area contributed by atoms with Crippen LogP contribution < -0.4 is 5.32 Å². The Morgan fingerprint density at radius 1 is 1.32 bits per heavy atom. The molecule has 0 aliphatic carbocycles. The number of rotatable bonds is 6. The molecule has 2 aromatic rings. The minimum Gasteiger partial charge on any atom is -0.310 e. The molecule has 1 heterocycles. The number of thiazole rings is 1. The molecule has 0 saturated heterocycles. The summed E-state index contributed by atoms with van der Waals surface area (Å²) in [5.74, 6) is 0. The maximum absolute atomic E-state index is 6.31. The highest BCUT2D eigenvalue weighted by molar-refractivity contribution is 7.09. The van der Waals surface area contributed by atoms with E-state index in [-0.39, 0.29) is 6.04 Å². The molecule has 0 aliphatic heterocycles. The van der Waals surface area contributed by atoms with Gasteiger partial charge in [0, 0.05) is 39.1 Å². The van der Waals surface area contributed by atoms with Gasteiger partial charge in [0.25, 0.3) is 0 Å². The second kappa shape index (κ2) is 7.25. The molecule has 1 unspecified atom stereocenters. The highest BCUT2D eigenvalue weighted by Crippen LogP contribution is 2.32. The summed E-state index contributed by atoms with van der Waals surface area (Å²) in [7, 11) is 0. The van der Waals surface area contributed by atoms with Gasteiger partial charge in [0.05, 0.1) is 5.51 Å². The lowest BCUT2D eigenvalue weighted by atomic mass is 10.0. The van der Waals surface area contributed by atoms with Crippen molar-refractivity contribution >= 4 is 34.5 Å². The summed E-state index contributed by atoms with van der Waals surface area (Å²) in [5.41, 5.74) is 2.83. The predicted octanol–water partition coefficient (Wildman–Crippen LogP) is 4.73. The minimum atomic E-state index is 0.126. The van der Waals surface area contributed by atoms with Crippen LogP contribution in [0, 0.1) is 0 Å². The molecule has 0 saturated carbocycles. The Bertz CT molecular complexity index is 494. The third-order valence-corrected chi connectivity index (χ3v) is 4.34. The number of aromatic nitrogens is 1. The van der Waals surface area contributed by atoms with Gasteiger partial charge in [-0.2, -0.15) is 0 Å². The number of benzene rings is 1. The molecule has 0 radical (unpaired) electrons. The van der Waals surface area contributed by atoms with Crippen LogP contribution >= 0.6 is 34.5 Å². The fraction of sp³-hybridized carbons (Fsp3) is 0.357. The summed E-state index contributed by atoms with van der Waals surface area (Å²) < 4.78 is 0. The zero-order valence-electron chi connectivity index (χ0n) is 10.7. The normalized spacial score (nSPS) is 12.6. The van der Waals surface area contributed by atoms with Crippen molar-refractivity contribution < 1.29 is 0 Å². The second-order valence-electron chi connectivity index (χ2n) is 4.31. The predicted molar refractivity (Wildman–Crippen MR) is 83.3 cm³/mol. The fourth-order valence-corrected chi connectivity index (χ4v) is 3.29. The Balaban J connectivity index is 2.26. The average molecular weight is 315 g/mol. The molecule has 0 aliphatic rings. The van der Waals surface area contributed by atoms with Crippen LogP contribution in [0.15, 0.2) is 29.9 Å². The Labute approximate surface area is 127 Å². The molecule has 2 nitrogen and oxygen atoms in total. The average Bonchev–Trinajstić information content (AvgIpc) is 2.88. The molecular formula is C14H16Cl2N2S. The summed E-state index contributed by atoms with van der Waals surface area (Å²) in [4.78, 5) is 5.35. The van der Waals surface area contributed by atoms with E-state index >= 15 is 0 Å². The maximum atomic E-state index is 6.31. The van der Waals surface area contributed by atoms with Crippen LogP contribution in [0.3, 0.4) is 0 Å². The molecule has 1 N–H and O–H groups in total. The molecule has 0 fully saturated rings. The van der Waals surface area contributed by atoms with E-state index in [2.05, 4.69) is 17.2 Å². The topological polar surface area (TPSA) is 24.9 Å². The van der Waals surface area contributed by atoms with E-state index in [9.17, 15) is 0 Å². The van der Waals surface area contributed by atoms with Gasteiger partial charge < -0.3 is 5.32 Å². The minimum absolute atomic E-state index is 0.126. The molecule has 0 spiro atoms. The third-order valence-electron chi connectivity index (χ3n) is 2.88. The van der Waals surface area contributed by atoms with Gasteiger partial charge in [0.1, 0.15) is 0 Å². The van der Waals surface area contributed by atoms with Gasteiger partial charge in [-0.1, -0.05) is 36.2 Å². The lowest BCUT2D eigenvalue weighted by Gasteiger charge is -2.20. The van der Waals surface area contributed by atoms with Crippen LogP contribution in [0.1, 0.15) is 29.8 Å². The van der Waals surface area contributed by atoms with Crippen molar-refractivity contribution in [3.8, 4) is 0 Å². The lowest BCUT2D eigenvalue weighted by molar-refractivity contribution is 0.532. The molecule has 2 rings (SSSR count). The summed E-state index contributed by atoms with van der Waals surface area (Å²) in [6, 6.07) is 5.77. The molecule has 1 aromatic carbocycles. The van der Waals surface area contributed by atoms with Crippen molar-refractivity contribution in [2.24, 2.45) is 0 Å². The number of hydrogen-bond acceptors (Lipinski definition) is 3. The largest absolute Gasteiger partial charge is 0.310 e. The zero-order chi connectivity index (χ0) is 13.7. The molecular weight excluding hydrogens is 299 g/mol. The van der Waals surface area contributed by atoms with Crippen LogP contribution in [-0.2, 0) is 6.42 Å². The van der Waals surface area contributed by atoms with E-state index in [4.69, 9.17) is 23.2 Å². The van der Waals surface area contributed by atoms with Gasteiger partial charge in [-0.15, -0.1) is 11.3 Å². The van der Waals surface area contributed by atoms with Crippen LogP contribution in [0.25, 0.3) is 0 Å². The van der Waals surface area contributed by atoms with Gasteiger partial charge in [0.15, 0.2) is 0 Å². The first-order valence-electron chi connectivity index (χ1n) is 6.27. The van der Waals surface area contributed by atoms with Crippen molar-refractivity contribution in [1.29, 1.82) is 0 Å². The van der Waals surface area contributed by atoms with Gasteiger partial charge in [0.2, 0.25) is 0 Å². The molecule has 0 bridgehead atoms. The van der Waals surface area contributed by atoms with Crippen LogP contribution in [-0.4, -0.2) is 11.5 Å². The Morgan fingerprint density at radius 2 is 2.05 bits per heavy atom. The molecule has 1 atom stereocenters. The van der Waals surface area contributed by atoms with Crippen LogP contribution in [0.5, 0.6) is 0 Å². The van der Waals surface area contributed by atoms with E-state index in [1.54, 1.807) is 11.3 Å². The number of halogens is 2. The Morgan fingerprint density at radius 3 is 2.63 bits per heavy atom. The number of nitrogens with zero attached hydrogens (tertiary/aromatic N) is 1. The zero-order valence-corrected chi connectivity index (χ0v) is 13.0. The first-order valence-corrected chi connectivity index (χ1v) is 7.90. The second-order valence-corrected chi connectivity index (χ2v) is 6.10. The Hall–Kier alpha value is -0.610. The summed E-state index contributed by atoms with van der Waals surface area (Å²) in [6.45, 7) is 3.08. The van der Waals surface area contributed by atoms with Gasteiger partial charge in [-0.3, -0.25) is 4.98 Å². The van der Waals surface area contributed by atoms with Crippen molar-refractivity contribution in [3.63, 3.8) is 0 Å². The van der Waals surface area contributed by atoms with Crippen molar-refractivity contribution in [2.45, 2.75) is 25.8 Å². The number of nitrogens with one attached hydrogen (secondary N) is 1. The standard InChI is InChI=1S/C14H16Cl2N2S/c1-2-6-18-13(7-10-8-17-9-19-10)14-11(15)4-3-5-12(14)16/h3-5,8-9,13,18H,2,6-7H2,1H3. The van der Waals surface area contributed by atoms with E-state index in [0.29, 0.717) is 10.0 Å². The van der Waals surface area contributed by atoms with E-state index in [0.717, 1.165) is 24.9 Å². The smallest absolute Gasteiger partial charge is 0.0794 e. The first-order chi connectivity index (χ1) is 9.22. The van der Waals surface area contributed by atoms with E-state index < -0.39 is 0 Å². The molecule has 102 valence electrons. The first kappa shape index (κ1) is 14.8. The van der Waals surface area contributed by atoms with Crippen LogP contribution in [0.4, 0.5) is 0 Å². The van der Waals surface area contributed by atoms with E-state index in [1.807, 2.05) is 29.9 Å². The summed E-state index contributed by atoms with van der Waals surface area (Å²) >= 11 is 14.3. The van der Waals surface area contributed by atoms with Crippen molar-refractivity contribution in [2.75, 3.05) is 6.54 Å². The van der Waals surface area contributed by atoms with Gasteiger partial charge >= 0.3 is 0 Å². The summed E-state index contributed by atoms with van der Waals surface area (Å²) in [6.07, 6.45) is 3.82. The van der Waals surface area contributed by atoms with Gasteiger partial charge in [-0.25, -0.2) is 0 Å². The van der Waals surface area contributed by atoms with Crippen molar-refractivity contribution in [3.05, 3.63) is 50.4 Å². The molecule has 5 heteroatoms. The van der Waals surface area contributed by atoms with E-state index in [1.165, 1.54) is 4.88 Å². The SMILES string of the molecule is CCCNC(Cc1cncs1)c1c(Cl)cccc1Cl. The third kappa shape index (κ3) is 3.93. The molecule has 1 aromatic heterocycles. The fourth-order valence-electron chi connectivity index (χ4n) is 1.98. The van der Waals surface area contributed by atoms with Crippen LogP contribution in [0.2, 0.25) is 10.0 Å². The summed E-state index contributed by atoms with van der Waals surface area (Å²) in [5, 5.41) is 4.94. The highest BCUT2D eigenvalue weighted by atomic mass is 35.5. The Kier molecular flexibility index (Phi) is 5.64. The maximum Gasteiger partial charge on any atom is 0.0794 e. The van der Waals surface area contributed by atoms with Gasteiger partial charge in [-0.05, 0) is 25.1 Å². The quantitative estimate of drug-likeness (QED) is 0.833. The lowest BCUT2D eigenvalue weighted by Crippen LogP contribution is -2.24.